The first-order valence-electron chi connectivity index (χ1n) is 5.35. The van der Waals surface area contributed by atoms with Crippen molar-refractivity contribution >= 4 is 28.5 Å². The molecule has 0 amide bonds. The van der Waals surface area contributed by atoms with Crippen molar-refractivity contribution in [3.05, 3.63) is 16.0 Å². The number of hydrogen-bond acceptors (Lipinski definition) is 3. The summed E-state index contributed by atoms with van der Waals surface area (Å²) >= 11 is 2.23. The summed E-state index contributed by atoms with van der Waals surface area (Å²) in [6.07, 6.45) is 6.24. The van der Waals surface area contributed by atoms with E-state index in [0.29, 0.717) is 5.41 Å². The summed E-state index contributed by atoms with van der Waals surface area (Å²) in [4.78, 5) is 11.0. The minimum Gasteiger partial charge on any atom is -0.340 e. The summed E-state index contributed by atoms with van der Waals surface area (Å²) in [6, 6.07) is 0. The van der Waals surface area contributed by atoms with Crippen LogP contribution in [-0.2, 0) is 0 Å². The van der Waals surface area contributed by atoms with Gasteiger partial charge in [0.25, 0.3) is 0 Å². The fraction of sp³-hybridized carbons (Fsp3) is 0.636. The fourth-order valence-corrected chi connectivity index (χ4v) is 2.23. The summed E-state index contributed by atoms with van der Waals surface area (Å²) in [5, 5.41) is 0. The van der Waals surface area contributed by atoms with Gasteiger partial charge in [0.05, 0.1) is 0 Å². The summed E-state index contributed by atoms with van der Waals surface area (Å²) in [7, 11) is 0. The molecule has 0 saturated carbocycles. The van der Waals surface area contributed by atoms with Crippen LogP contribution in [0.25, 0.3) is 0 Å². The zero-order chi connectivity index (χ0) is 10.9. The Kier molecular flexibility index (Phi) is 3.13. The maximum Gasteiger partial charge on any atom is 0.225 e. The Labute approximate surface area is 104 Å². The van der Waals surface area contributed by atoms with E-state index in [9.17, 15) is 0 Å². The van der Waals surface area contributed by atoms with E-state index in [1.165, 1.54) is 12.8 Å². The van der Waals surface area contributed by atoms with Crippen LogP contribution in [-0.4, -0.2) is 23.1 Å². The molecular weight excluding hydrogens is 301 g/mol. The molecular formula is C11H16IN3. The molecule has 2 rings (SSSR count). The van der Waals surface area contributed by atoms with Gasteiger partial charge in [-0.25, -0.2) is 9.97 Å². The molecule has 1 saturated heterocycles. The molecule has 0 radical (unpaired) electrons. The van der Waals surface area contributed by atoms with Gasteiger partial charge in [0, 0.05) is 29.1 Å². The van der Waals surface area contributed by atoms with Crippen LogP contribution in [0.1, 0.15) is 26.7 Å². The number of rotatable bonds is 2. The smallest absolute Gasteiger partial charge is 0.225 e. The normalized spacial score (nSPS) is 25.9. The van der Waals surface area contributed by atoms with Crippen molar-refractivity contribution in [2.75, 3.05) is 18.0 Å². The maximum absolute atomic E-state index is 4.37. The van der Waals surface area contributed by atoms with Crippen molar-refractivity contribution in [1.29, 1.82) is 0 Å². The Hall–Kier alpha value is -0.390. The van der Waals surface area contributed by atoms with E-state index in [4.69, 9.17) is 0 Å². The van der Waals surface area contributed by atoms with E-state index in [-0.39, 0.29) is 0 Å². The lowest BCUT2D eigenvalue weighted by atomic mass is 9.87. The van der Waals surface area contributed by atoms with Gasteiger partial charge < -0.3 is 4.90 Å². The zero-order valence-corrected chi connectivity index (χ0v) is 11.4. The molecule has 3 nitrogen and oxygen atoms in total. The Morgan fingerprint density at radius 3 is 2.67 bits per heavy atom. The average Bonchev–Trinajstić information content (AvgIpc) is 2.63. The summed E-state index contributed by atoms with van der Waals surface area (Å²) < 4.78 is 1.09. The first kappa shape index (κ1) is 11.1. The van der Waals surface area contributed by atoms with Gasteiger partial charge in [0.2, 0.25) is 5.95 Å². The molecule has 1 unspecified atom stereocenters. The largest absolute Gasteiger partial charge is 0.340 e. The standard InChI is InChI=1S/C11H16IN3/c1-3-11(2)4-5-15(8-11)10-13-6-9(12)7-14-10/h6-7H,3-5,8H2,1-2H3. The second-order valence-electron chi connectivity index (χ2n) is 4.54. The maximum atomic E-state index is 4.37. The van der Waals surface area contributed by atoms with E-state index in [1.54, 1.807) is 0 Å². The lowest BCUT2D eigenvalue weighted by molar-refractivity contribution is 0.355. The molecule has 4 heteroatoms. The topological polar surface area (TPSA) is 29.0 Å². The quantitative estimate of drug-likeness (QED) is 0.786. The third-order valence-electron chi connectivity index (χ3n) is 3.30. The van der Waals surface area contributed by atoms with Crippen molar-refractivity contribution in [2.45, 2.75) is 26.7 Å². The highest BCUT2D eigenvalue weighted by Gasteiger charge is 2.33. The van der Waals surface area contributed by atoms with Gasteiger partial charge in [0.1, 0.15) is 0 Å². The lowest BCUT2D eigenvalue weighted by Crippen LogP contribution is -2.25. The fourth-order valence-electron chi connectivity index (χ4n) is 1.95. The highest BCUT2D eigenvalue weighted by atomic mass is 127. The van der Waals surface area contributed by atoms with E-state index >= 15 is 0 Å². The van der Waals surface area contributed by atoms with Crippen molar-refractivity contribution in [3.63, 3.8) is 0 Å². The third-order valence-corrected chi connectivity index (χ3v) is 3.86. The van der Waals surface area contributed by atoms with Gasteiger partial charge in [-0.2, -0.15) is 0 Å². The minimum absolute atomic E-state index is 0.451. The summed E-state index contributed by atoms with van der Waals surface area (Å²) in [5.41, 5.74) is 0.451. The number of nitrogens with zero attached hydrogens (tertiary/aromatic N) is 3. The molecule has 1 aliphatic heterocycles. The Bertz CT molecular complexity index is 338. The zero-order valence-electron chi connectivity index (χ0n) is 9.20. The van der Waals surface area contributed by atoms with Gasteiger partial charge >= 0.3 is 0 Å². The molecule has 2 heterocycles. The number of halogens is 1. The molecule has 15 heavy (non-hydrogen) atoms. The van der Waals surface area contributed by atoms with Crippen LogP contribution in [0.15, 0.2) is 12.4 Å². The molecule has 1 atom stereocenters. The molecule has 0 N–H and O–H groups in total. The number of anilines is 1. The molecule has 0 aromatic carbocycles. The molecule has 1 fully saturated rings. The molecule has 1 aromatic rings. The van der Waals surface area contributed by atoms with Crippen LogP contribution in [0.4, 0.5) is 5.95 Å². The van der Waals surface area contributed by atoms with Crippen molar-refractivity contribution < 1.29 is 0 Å². The van der Waals surface area contributed by atoms with Crippen LogP contribution in [0.5, 0.6) is 0 Å². The third kappa shape index (κ3) is 2.41. The van der Waals surface area contributed by atoms with E-state index in [0.717, 1.165) is 22.6 Å². The summed E-state index contributed by atoms with van der Waals surface area (Å²) in [6.45, 7) is 6.78. The van der Waals surface area contributed by atoms with Gasteiger partial charge in [-0.15, -0.1) is 0 Å². The van der Waals surface area contributed by atoms with Gasteiger partial charge in [-0.3, -0.25) is 0 Å². The molecule has 82 valence electrons. The second kappa shape index (κ2) is 4.23. The SMILES string of the molecule is CCC1(C)CCN(c2ncc(I)cn2)C1. The minimum atomic E-state index is 0.451. The highest BCUT2D eigenvalue weighted by molar-refractivity contribution is 14.1. The van der Waals surface area contributed by atoms with Crippen LogP contribution in [0.2, 0.25) is 0 Å². The Morgan fingerprint density at radius 2 is 2.13 bits per heavy atom. The van der Waals surface area contributed by atoms with Gasteiger partial charge in [0.15, 0.2) is 0 Å². The first-order valence-corrected chi connectivity index (χ1v) is 6.43. The Balaban J connectivity index is 2.11. The number of aromatic nitrogens is 2. The predicted molar refractivity (Wildman–Crippen MR) is 70.0 cm³/mol. The predicted octanol–water partition coefficient (Wildman–Crippen LogP) is 2.71. The molecule has 0 bridgehead atoms. The molecule has 0 aliphatic carbocycles. The van der Waals surface area contributed by atoms with Crippen LogP contribution < -0.4 is 4.90 Å². The lowest BCUT2D eigenvalue weighted by Gasteiger charge is -2.22. The van der Waals surface area contributed by atoms with Gasteiger partial charge in [-0.1, -0.05) is 13.8 Å². The van der Waals surface area contributed by atoms with Crippen molar-refractivity contribution in [2.24, 2.45) is 5.41 Å². The van der Waals surface area contributed by atoms with Crippen molar-refractivity contribution in [1.82, 2.24) is 9.97 Å². The molecule has 1 aliphatic rings. The van der Waals surface area contributed by atoms with Crippen LogP contribution >= 0.6 is 22.6 Å². The Morgan fingerprint density at radius 1 is 1.47 bits per heavy atom. The monoisotopic (exact) mass is 317 g/mol. The summed E-state index contributed by atoms with van der Waals surface area (Å²) in [5.74, 6) is 0.882. The van der Waals surface area contributed by atoms with Crippen molar-refractivity contribution in [3.8, 4) is 0 Å². The highest BCUT2D eigenvalue weighted by Crippen LogP contribution is 2.34. The average molecular weight is 317 g/mol. The second-order valence-corrected chi connectivity index (χ2v) is 5.78. The van der Waals surface area contributed by atoms with Crippen LogP contribution in [0, 0.1) is 8.99 Å². The first-order chi connectivity index (χ1) is 7.13. The van der Waals surface area contributed by atoms with Gasteiger partial charge in [-0.05, 0) is 40.8 Å². The van der Waals surface area contributed by atoms with E-state index in [1.807, 2.05) is 12.4 Å². The van der Waals surface area contributed by atoms with E-state index < -0.39 is 0 Å². The number of hydrogen-bond donors (Lipinski definition) is 0. The van der Waals surface area contributed by atoms with E-state index in [2.05, 4.69) is 51.3 Å². The van der Waals surface area contributed by atoms with Crippen LogP contribution in [0.3, 0.4) is 0 Å². The molecule has 1 aromatic heterocycles. The molecule has 0 spiro atoms.